The fourth-order valence-corrected chi connectivity index (χ4v) is 3.13. The maximum Gasteiger partial charge on any atom is 0.340 e. The number of aromatic nitrogens is 2. The van der Waals surface area contributed by atoms with Gasteiger partial charge in [0.1, 0.15) is 23.8 Å². The lowest BCUT2D eigenvalue weighted by molar-refractivity contribution is 0.0225. The molecule has 0 aliphatic carbocycles. The van der Waals surface area contributed by atoms with E-state index in [1.54, 1.807) is 24.3 Å². The maximum absolute atomic E-state index is 11.4. The average molecular weight is 384 g/mol. The fourth-order valence-electron chi connectivity index (χ4n) is 3.13. The van der Waals surface area contributed by atoms with Crippen molar-refractivity contribution in [2.45, 2.75) is 51.7 Å². The van der Waals surface area contributed by atoms with E-state index in [0.717, 1.165) is 11.4 Å². The third kappa shape index (κ3) is 3.62. The van der Waals surface area contributed by atoms with E-state index in [4.69, 9.17) is 20.9 Å². The molecule has 2 aliphatic heterocycles. The second-order valence-electron chi connectivity index (χ2n) is 7.14. The van der Waals surface area contributed by atoms with E-state index in [2.05, 4.69) is 9.97 Å². The van der Waals surface area contributed by atoms with Crippen LogP contribution in [0.3, 0.4) is 0 Å². The monoisotopic (exact) mass is 384 g/mol. The van der Waals surface area contributed by atoms with E-state index in [1.165, 1.54) is 0 Å². The van der Waals surface area contributed by atoms with Crippen molar-refractivity contribution in [1.82, 2.24) is 9.97 Å². The standard InChI is InChI=1S/2C10H12N2O2/c2*1-5-6(2)14-10(13)7-3-4-8(11)12-9(5)7/h2*3-6H,1-2H3,(H2,11,12)/t2*5-,6+/m10/s1. The van der Waals surface area contributed by atoms with Gasteiger partial charge in [-0.2, -0.15) is 0 Å². The molecule has 4 atom stereocenters. The minimum Gasteiger partial charge on any atom is -0.458 e. The highest BCUT2D eigenvalue weighted by Gasteiger charge is 2.32. The number of nitrogens with zero attached hydrogens (tertiary/aromatic N) is 2. The predicted molar refractivity (Wildman–Crippen MR) is 104 cm³/mol. The van der Waals surface area contributed by atoms with Crippen molar-refractivity contribution in [2.24, 2.45) is 0 Å². The van der Waals surface area contributed by atoms with Crippen LogP contribution < -0.4 is 11.5 Å². The largest absolute Gasteiger partial charge is 0.458 e. The minimum absolute atomic E-state index is 0.103. The summed E-state index contributed by atoms with van der Waals surface area (Å²) < 4.78 is 10.3. The first kappa shape index (κ1) is 19.6. The van der Waals surface area contributed by atoms with Crippen LogP contribution in [0.4, 0.5) is 11.6 Å². The molecule has 0 amide bonds. The lowest BCUT2D eigenvalue weighted by Crippen LogP contribution is -2.29. The SMILES string of the molecule is C[C@@H]1OC(=O)c2ccc(N)nc2[C@@H]1C.C[C@@H]1c2nc(N)ccc2C(=O)O[C@@H]1C. The molecule has 148 valence electrons. The fraction of sp³-hybridized carbons (Fsp3) is 0.400. The van der Waals surface area contributed by atoms with Crippen LogP contribution >= 0.6 is 0 Å². The molecule has 0 saturated carbocycles. The van der Waals surface area contributed by atoms with Gasteiger partial charge in [-0.25, -0.2) is 19.6 Å². The van der Waals surface area contributed by atoms with Crippen molar-refractivity contribution in [3.8, 4) is 0 Å². The maximum atomic E-state index is 11.4. The molecular formula is C20H24N4O4. The molecule has 2 aromatic heterocycles. The van der Waals surface area contributed by atoms with Gasteiger partial charge in [0.15, 0.2) is 0 Å². The molecular weight excluding hydrogens is 360 g/mol. The third-order valence-electron chi connectivity index (χ3n) is 5.19. The number of anilines is 2. The van der Waals surface area contributed by atoms with Crippen LogP contribution in [-0.2, 0) is 9.47 Å². The van der Waals surface area contributed by atoms with Gasteiger partial charge in [-0.3, -0.25) is 0 Å². The first-order chi connectivity index (χ1) is 13.2. The van der Waals surface area contributed by atoms with Gasteiger partial charge in [-0.1, -0.05) is 13.8 Å². The van der Waals surface area contributed by atoms with E-state index in [9.17, 15) is 9.59 Å². The Labute approximate surface area is 163 Å². The molecule has 2 aromatic rings. The van der Waals surface area contributed by atoms with Crippen molar-refractivity contribution in [3.05, 3.63) is 46.8 Å². The van der Waals surface area contributed by atoms with Crippen molar-refractivity contribution >= 4 is 23.6 Å². The number of carbonyl (C=O) groups is 2. The van der Waals surface area contributed by atoms with Crippen LogP contribution in [0, 0.1) is 0 Å². The molecule has 0 unspecified atom stereocenters. The summed E-state index contributed by atoms with van der Waals surface area (Å²) in [5.74, 6) is 0.476. The number of nitrogen functional groups attached to an aromatic ring is 2. The summed E-state index contributed by atoms with van der Waals surface area (Å²) in [6.45, 7) is 7.66. The average Bonchev–Trinajstić information content (AvgIpc) is 2.64. The molecule has 0 spiro atoms. The Morgan fingerprint density at radius 1 is 0.714 bits per heavy atom. The minimum atomic E-state index is -0.307. The predicted octanol–water partition coefficient (Wildman–Crippen LogP) is 2.65. The molecule has 0 bridgehead atoms. The van der Waals surface area contributed by atoms with Crippen molar-refractivity contribution in [1.29, 1.82) is 0 Å². The molecule has 8 heteroatoms. The first-order valence-corrected chi connectivity index (χ1v) is 9.13. The van der Waals surface area contributed by atoms with Gasteiger partial charge in [-0.15, -0.1) is 0 Å². The molecule has 2 aliphatic rings. The van der Waals surface area contributed by atoms with Gasteiger partial charge in [0, 0.05) is 11.8 Å². The third-order valence-corrected chi connectivity index (χ3v) is 5.19. The van der Waals surface area contributed by atoms with Crippen molar-refractivity contribution in [2.75, 3.05) is 11.5 Å². The van der Waals surface area contributed by atoms with E-state index in [-0.39, 0.29) is 36.0 Å². The zero-order valence-electron chi connectivity index (χ0n) is 16.3. The van der Waals surface area contributed by atoms with Gasteiger partial charge >= 0.3 is 11.9 Å². The van der Waals surface area contributed by atoms with Gasteiger partial charge in [0.2, 0.25) is 0 Å². The molecule has 8 nitrogen and oxygen atoms in total. The summed E-state index contributed by atoms with van der Waals surface area (Å²) in [6.07, 6.45) is -0.270. The number of hydrogen-bond acceptors (Lipinski definition) is 8. The van der Waals surface area contributed by atoms with Gasteiger partial charge in [0.05, 0.1) is 22.5 Å². The number of carbonyl (C=O) groups excluding carboxylic acids is 2. The molecule has 0 saturated heterocycles. The van der Waals surface area contributed by atoms with Crippen LogP contribution in [0.1, 0.15) is 71.6 Å². The molecule has 0 radical (unpaired) electrons. The molecule has 4 rings (SSSR count). The van der Waals surface area contributed by atoms with E-state index < -0.39 is 0 Å². The molecule has 0 aromatic carbocycles. The van der Waals surface area contributed by atoms with Gasteiger partial charge in [0.25, 0.3) is 0 Å². The lowest BCUT2D eigenvalue weighted by atomic mass is 9.94. The summed E-state index contributed by atoms with van der Waals surface area (Å²) >= 11 is 0. The van der Waals surface area contributed by atoms with Crippen LogP contribution in [0.15, 0.2) is 24.3 Å². The quantitative estimate of drug-likeness (QED) is 0.663. The Hall–Kier alpha value is -3.16. The topological polar surface area (TPSA) is 130 Å². The first-order valence-electron chi connectivity index (χ1n) is 9.13. The summed E-state index contributed by atoms with van der Waals surface area (Å²) in [6, 6.07) is 6.57. The van der Waals surface area contributed by atoms with Crippen LogP contribution in [-0.4, -0.2) is 34.1 Å². The summed E-state index contributed by atoms with van der Waals surface area (Å²) in [4.78, 5) is 31.2. The van der Waals surface area contributed by atoms with Crippen LogP contribution in [0.25, 0.3) is 0 Å². The van der Waals surface area contributed by atoms with Gasteiger partial charge in [-0.05, 0) is 38.1 Å². The van der Waals surface area contributed by atoms with E-state index >= 15 is 0 Å². The van der Waals surface area contributed by atoms with E-state index in [1.807, 2.05) is 27.7 Å². The van der Waals surface area contributed by atoms with Crippen LogP contribution in [0.2, 0.25) is 0 Å². The lowest BCUT2D eigenvalue weighted by Gasteiger charge is -2.27. The molecule has 4 N–H and O–H groups in total. The Morgan fingerprint density at radius 3 is 1.43 bits per heavy atom. The summed E-state index contributed by atoms with van der Waals surface area (Å²) in [5, 5.41) is 0. The zero-order chi connectivity index (χ0) is 20.6. The smallest absolute Gasteiger partial charge is 0.340 e. The Kier molecular flexibility index (Phi) is 5.22. The molecule has 28 heavy (non-hydrogen) atoms. The van der Waals surface area contributed by atoms with Crippen LogP contribution in [0.5, 0.6) is 0 Å². The highest BCUT2D eigenvalue weighted by Crippen LogP contribution is 2.30. The second-order valence-corrected chi connectivity index (χ2v) is 7.14. The second kappa shape index (κ2) is 7.46. The molecule has 4 heterocycles. The number of ether oxygens (including phenoxy) is 2. The molecule has 0 fully saturated rings. The summed E-state index contributed by atoms with van der Waals surface area (Å²) in [7, 11) is 0. The highest BCUT2D eigenvalue weighted by molar-refractivity contribution is 5.92. The number of rotatable bonds is 0. The summed E-state index contributed by atoms with van der Waals surface area (Å²) in [5.41, 5.74) is 13.7. The highest BCUT2D eigenvalue weighted by atomic mass is 16.5. The van der Waals surface area contributed by atoms with Crippen molar-refractivity contribution < 1.29 is 19.1 Å². The number of nitrogens with two attached hydrogens (primary N) is 2. The van der Waals surface area contributed by atoms with Gasteiger partial charge < -0.3 is 20.9 Å². The Bertz CT molecular complexity index is 855. The zero-order valence-corrected chi connectivity index (χ0v) is 16.3. The Balaban J connectivity index is 0.000000161. The van der Waals surface area contributed by atoms with E-state index in [0.29, 0.717) is 22.8 Å². The van der Waals surface area contributed by atoms with Crippen molar-refractivity contribution in [3.63, 3.8) is 0 Å². The number of fused-ring (bicyclic) bond motifs is 2. The number of pyridine rings is 2. The number of hydrogen-bond donors (Lipinski definition) is 2. The Morgan fingerprint density at radius 2 is 1.07 bits per heavy atom. The number of cyclic esters (lactones) is 2. The normalized spacial score (nSPS) is 25.4. The number of esters is 2.